The van der Waals surface area contributed by atoms with Gasteiger partial charge in [0, 0.05) is 18.7 Å². The fourth-order valence-electron chi connectivity index (χ4n) is 1.72. The number of amidine groups is 1. The number of rotatable bonds is 5. The SMILES string of the molecule is CCCN(CC)c1c(F)cc(C(=N)N)cc1F. The number of benzene rings is 1. The van der Waals surface area contributed by atoms with Crippen molar-refractivity contribution in [3.8, 4) is 0 Å². The lowest BCUT2D eigenvalue weighted by molar-refractivity contribution is 0.570. The van der Waals surface area contributed by atoms with E-state index in [1.807, 2.05) is 13.8 Å². The van der Waals surface area contributed by atoms with Gasteiger partial charge in [-0.05, 0) is 25.5 Å². The standard InChI is InChI=1S/C12H17F2N3/c1-3-5-17(4-2)11-9(13)6-8(12(15)16)7-10(11)14/h6-7H,3-5H2,1-2H3,(H3,15,16). The molecule has 0 aliphatic heterocycles. The number of anilines is 1. The van der Waals surface area contributed by atoms with Gasteiger partial charge < -0.3 is 10.6 Å². The van der Waals surface area contributed by atoms with Gasteiger partial charge in [-0.25, -0.2) is 8.78 Å². The molecule has 1 aromatic rings. The van der Waals surface area contributed by atoms with Crippen molar-refractivity contribution < 1.29 is 8.78 Å². The van der Waals surface area contributed by atoms with E-state index in [2.05, 4.69) is 0 Å². The predicted molar refractivity (Wildman–Crippen MR) is 65.6 cm³/mol. The minimum atomic E-state index is -0.675. The van der Waals surface area contributed by atoms with Crippen molar-refractivity contribution in [1.82, 2.24) is 0 Å². The summed E-state index contributed by atoms with van der Waals surface area (Å²) in [4.78, 5) is 1.63. The van der Waals surface area contributed by atoms with E-state index < -0.39 is 11.6 Å². The van der Waals surface area contributed by atoms with E-state index in [0.29, 0.717) is 13.1 Å². The van der Waals surface area contributed by atoms with E-state index in [1.165, 1.54) is 0 Å². The van der Waals surface area contributed by atoms with E-state index in [4.69, 9.17) is 11.1 Å². The highest BCUT2D eigenvalue weighted by molar-refractivity contribution is 5.95. The van der Waals surface area contributed by atoms with Crippen LogP contribution in [0.15, 0.2) is 12.1 Å². The Labute approximate surface area is 99.7 Å². The molecule has 0 aliphatic carbocycles. The first kappa shape index (κ1) is 13.4. The maximum Gasteiger partial charge on any atom is 0.150 e. The van der Waals surface area contributed by atoms with Crippen LogP contribution in [0.1, 0.15) is 25.8 Å². The Hall–Kier alpha value is -1.65. The Balaban J connectivity index is 3.20. The van der Waals surface area contributed by atoms with E-state index in [0.717, 1.165) is 18.6 Å². The average Bonchev–Trinajstić information content (AvgIpc) is 2.26. The highest BCUT2D eigenvalue weighted by Gasteiger charge is 2.17. The molecule has 0 heterocycles. The van der Waals surface area contributed by atoms with Gasteiger partial charge in [-0.3, -0.25) is 5.41 Å². The third-order valence-electron chi connectivity index (χ3n) is 2.52. The Morgan fingerprint density at radius 1 is 1.29 bits per heavy atom. The van der Waals surface area contributed by atoms with Gasteiger partial charge in [0.25, 0.3) is 0 Å². The molecule has 1 aromatic carbocycles. The first-order valence-corrected chi connectivity index (χ1v) is 5.59. The fraction of sp³-hybridized carbons (Fsp3) is 0.417. The second-order valence-electron chi connectivity index (χ2n) is 3.78. The summed E-state index contributed by atoms with van der Waals surface area (Å²) >= 11 is 0. The number of nitrogens with one attached hydrogen (secondary N) is 1. The van der Waals surface area contributed by atoms with Gasteiger partial charge in [-0.1, -0.05) is 6.92 Å². The molecule has 94 valence electrons. The summed E-state index contributed by atoms with van der Waals surface area (Å²) in [6.45, 7) is 4.90. The van der Waals surface area contributed by atoms with Crippen LogP contribution >= 0.6 is 0 Å². The van der Waals surface area contributed by atoms with Gasteiger partial charge in [0.2, 0.25) is 0 Å². The first-order chi connectivity index (χ1) is 8.01. The molecule has 0 bridgehead atoms. The van der Waals surface area contributed by atoms with Gasteiger partial charge in [-0.2, -0.15) is 0 Å². The normalized spacial score (nSPS) is 10.4. The molecular weight excluding hydrogens is 224 g/mol. The molecule has 3 nitrogen and oxygen atoms in total. The van der Waals surface area contributed by atoms with Crippen LogP contribution in [0, 0.1) is 17.0 Å². The number of nitrogen functional groups attached to an aromatic ring is 1. The molecule has 0 radical (unpaired) electrons. The minimum absolute atomic E-state index is 0.0423. The van der Waals surface area contributed by atoms with Crippen LogP contribution in [0.4, 0.5) is 14.5 Å². The van der Waals surface area contributed by atoms with Crippen molar-refractivity contribution in [3.63, 3.8) is 0 Å². The maximum atomic E-state index is 13.8. The number of hydrogen-bond acceptors (Lipinski definition) is 2. The van der Waals surface area contributed by atoms with Crippen molar-refractivity contribution >= 4 is 11.5 Å². The second-order valence-corrected chi connectivity index (χ2v) is 3.78. The van der Waals surface area contributed by atoms with Crippen LogP contribution < -0.4 is 10.6 Å². The smallest absolute Gasteiger partial charge is 0.150 e. The van der Waals surface area contributed by atoms with E-state index in [9.17, 15) is 8.78 Å². The fourth-order valence-corrected chi connectivity index (χ4v) is 1.72. The summed E-state index contributed by atoms with van der Waals surface area (Å²) in [6, 6.07) is 2.19. The van der Waals surface area contributed by atoms with Crippen molar-refractivity contribution in [2.45, 2.75) is 20.3 Å². The molecule has 0 aromatic heterocycles. The largest absolute Gasteiger partial charge is 0.384 e. The topological polar surface area (TPSA) is 53.1 Å². The van der Waals surface area contributed by atoms with Crippen LogP contribution in [0.2, 0.25) is 0 Å². The summed E-state index contributed by atoms with van der Waals surface area (Å²) in [5.41, 5.74) is 5.23. The van der Waals surface area contributed by atoms with Gasteiger partial charge in [-0.15, -0.1) is 0 Å². The molecule has 0 atom stereocenters. The Bertz CT molecular complexity index is 395. The third kappa shape index (κ3) is 2.93. The summed E-state index contributed by atoms with van der Waals surface area (Å²) in [5.74, 6) is -1.69. The number of hydrogen-bond donors (Lipinski definition) is 2. The quantitative estimate of drug-likeness (QED) is 0.614. The summed E-state index contributed by atoms with van der Waals surface area (Å²) < 4.78 is 27.6. The van der Waals surface area contributed by atoms with Gasteiger partial charge in [0.05, 0.1) is 0 Å². The van der Waals surface area contributed by atoms with E-state index in [1.54, 1.807) is 4.90 Å². The van der Waals surface area contributed by atoms with Crippen molar-refractivity contribution in [1.29, 1.82) is 5.41 Å². The number of halogens is 2. The molecular formula is C12H17F2N3. The van der Waals surface area contributed by atoms with Gasteiger partial charge in [0.1, 0.15) is 23.2 Å². The second kappa shape index (κ2) is 5.61. The molecule has 0 amide bonds. The van der Waals surface area contributed by atoms with Crippen LogP contribution in [0.3, 0.4) is 0 Å². The lowest BCUT2D eigenvalue weighted by Crippen LogP contribution is -2.26. The minimum Gasteiger partial charge on any atom is -0.384 e. The van der Waals surface area contributed by atoms with E-state index in [-0.39, 0.29) is 17.1 Å². The monoisotopic (exact) mass is 241 g/mol. The van der Waals surface area contributed by atoms with Crippen molar-refractivity contribution in [2.75, 3.05) is 18.0 Å². The zero-order valence-corrected chi connectivity index (χ0v) is 10.1. The molecule has 0 saturated carbocycles. The highest BCUT2D eigenvalue weighted by atomic mass is 19.1. The van der Waals surface area contributed by atoms with Crippen LogP contribution in [-0.2, 0) is 0 Å². The summed E-state index contributed by atoms with van der Waals surface area (Å²) in [5, 5.41) is 7.16. The summed E-state index contributed by atoms with van der Waals surface area (Å²) in [7, 11) is 0. The van der Waals surface area contributed by atoms with Crippen molar-refractivity contribution in [2.24, 2.45) is 5.73 Å². The van der Waals surface area contributed by atoms with Crippen molar-refractivity contribution in [3.05, 3.63) is 29.3 Å². The average molecular weight is 241 g/mol. The molecule has 0 saturated heterocycles. The molecule has 1 rings (SSSR count). The Kier molecular flexibility index (Phi) is 4.43. The highest BCUT2D eigenvalue weighted by Crippen LogP contribution is 2.25. The molecule has 5 heteroatoms. The summed E-state index contributed by atoms with van der Waals surface area (Å²) in [6.07, 6.45) is 0.807. The molecule has 0 aliphatic rings. The lowest BCUT2D eigenvalue weighted by Gasteiger charge is -2.23. The van der Waals surface area contributed by atoms with Crippen LogP contribution in [-0.4, -0.2) is 18.9 Å². The maximum absolute atomic E-state index is 13.8. The van der Waals surface area contributed by atoms with E-state index >= 15 is 0 Å². The molecule has 0 fully saturated rings. The molecule has 17 heavy (non-hydrogen) atoms. The number of nitrogens with zero attached hydrogens (tertiary/aromatic N) is 1. The predicted octanol–water partition coefficient (Wildman–Crippen LogP) is 2.49. The van der Waals surface area contributed by atoms with Crippen LogP contribution in [0.5, 0.6) is 0 Å². The molecule has 0 spiro atoms. The lowest BCUT2D eigenvalue weighted by atomic mass is 10.1. The Morgan fingerprint density at radius 3 is 2.18 bits per heavy atom. The Morgan fingerprint density at radius 2 is 1.82 bits per heavy atom. The zero-order valence-electron chi connectivity index (χ0n) is 10.1. The first-order valence-electron chi connectivity index (χ1n) is 5.59. The number of nitrogens with two attached hydrogens (primary N) is 1. The van der Waals surface area contributed by atoms with Gasteiger partial charge in [0.15, 0.2) is 0 Å². The van der Waals surface area contributed by atoms with Crippen LogP contribution in [0.25, 0.3) is 0 Å². The third-order valence-corrected chi connectivity index (χ3v) is 2.52. The molecule has 0 unspecified atom stereocenters. The van der Waals surface area contributed by atoms with Gasteiger partial charge >= 0.3 is 0 Å². The molecule has 3 N–H and O–H groups in total. The zero-order chi connectivity index (χ0) is 13.0.